The molecule has 0 aliphatic carbocycles. The van der Waals surface area contributed by atoms with Gasteiger partial charge in [-0.1, -0.05) is 13.0 Å². The Balaban J connectivity index is 2.20. The molecular formula is C16H25N3O3S. The first-order valence-corrected chi connectivity index (χ1v) is 9.23. The average molecular weight is 339 g/mol. The molecule has 23 heavy (non-hydrogen) atoms. The molecule has 1 aromatic rings. The van der Waals surface area contributed by atoms with Crippen molar-refractivity contribution < 1.29 is 13.2 Å². The lowest BCUT2D eigenvalue weighted by atomic mass is 9.94. The van der Waals surface area contributed by atoms with Gasteiger partial charge in [-0.05, 0) is 49.9 Å². The average Bonchev–Trinajstić information content (AvgIpc) is 2.48. The van der Waals surface area contributed by atoms with Crippen LogP contribution in [0, 0.1) is 12.8 Å². The van der Waals surface area contributed by atoms with Crippen LogP contribution in [-0.4, -0.2) is 45.3 Å². The SMILES string of the molecule is Cc1ccc(NC(=O)C2CC(C)CCN2)cc1S(=O)(=O)N(C)C. The molecular weight excluding hydrogens is 314 g/mol. The molecule has 0 saturated carbocycles. The summed E-state index contributed by atoms with van der Waals surface area (Å²) in [6.45, 7) is 4.70. The molecule has 128 valence electrons. The Hall–Kier alpha value is -1.44. The zero-order valence-electron chi connectivity index (χ0n) is 14.1. The minimum atomic E-state index is -3.53. The number of rotatable bonds is 4. The molecule has 7 heteroatoms. The zero-order valence-corrected chi connectivity index (χ0v) is 14.9. The van der Waals surface area contributed by atoms with E-state index in [-0.39, 0.29) is 16.8 Å². The summed E-state index contributed by atoms with van der Waals surface area (Å²) in [4.78, 5) is 12.6. The van der Waals surface area contributed by atoms with Crippen molar-refractivity contribution in [2.45, 2.75) is 37.6 Å². The first-order valence-electron chi connectivity index (χ1n) is 7.79. The molecule has 0 bridgehead atoms. The second-order valence-corrected chi connectivity index (χ2v) is 8.51. The van der Waals surface area contributed by atoms with Gasteiger partial charge in [0.05, 0.1) is 10.9 Å². The fraction of sp³-hybridized carbons (Fsp3) is 0.562. The highest BCUT2D eigenvalue weighted by Crippen LogP contribution is 2.23. The van der Waals surface area contributed by atoms with Gasteiger partial charge < -0.3 is 10.6 Å². The summed E-state index contributed by atoms with van der Waals surface area (Å²) in [5.74, 6) is 0.392. The van der Waals surface area contributed by atoms with Crippen LogP contribution in [-0.2, 0) is 14.8 Å². The van der Waals surface area contributed by atoms with Gasteiger partial charge in [0.2, 0.25) is 15.9 Å². The number of carbonyl (C=O) groups excluding carboxylic acids is 1. The predicted molar refractivity (Wildman–Crippen MR) is 90.9 cm³/mol. The molecule has 1 aromatic carbocycles. The number of nitrogens with zero attached hydrogens (tertiary/aromatic N) is 1. The van der Waals surface area contributed by atoms with Crippen LogP contribution in [0.3, 0.4) is 0 Å². The van der Waals surface area contributed by atoms with Crippen molar-refractivity contribution in [1.82, 2.24) is 9.62 Å². The largest absolute Gasteiger partial charge is 0.325 e. The maximum Gasteiger partial charge on any atom is 0.242 e. The molecule has 1 saturated heterocycles. The quantitative estimate of drug-likeness (QED) is 0.873. The Kier molecular flexibility index (Phi) is 5.44. The molecule has 0 aromatic heterocycles. The Labute approximate surface area is 138 Å². The van der Waals surface area contributed by atoms with Crippen molar-refractivity contribution in [3.8, 4) is 0 Å². The van der Waals surface area contributed by atoms with Crippen LogP contribution in [0.2, 0.25) is 0 Å². The van der Waals surface area contributed by atoms with Crippen LogP contribution in [0.5, 0.6) is 0 Å². The third-order valence-corrected chi connectivity index (χ3v) is 6.15. The summed E-state index contributed by atoms with van der Waals surface area (Å²) in [5, 5.41) is 6.03. The van der Waals surface area contributed by atoms with Crippen molar-refractivity contribution in [2.24, 2.45) is 5.92 Å². The number of aryl methyl sites for hydroxylation is 1. The smallest absolute Gasteiger partial charge is 0.242 e. The van der Waals surface area contributed by atoms with Gasteiger partial charge in [-0.25, -0.2) is 12.7 Å². The lowest BCUT2D eigenvalue weighted by Gasteiger charge is -2.27. The first kappa shape index (κ1) is 17.9. The van der Waals surface area contributed by atoms with E-state index in [0.29, 0.717) is 17.2 Å². The van der Waals surface area contributed by atoms with Crippen LogP contribution in [0.4, 0.5) is 5.69 Å². The van der Waals surface area contributed by atoms with Gasteiger partial charge in [0.25, 0.3) is 0 Å². The van der Waals surface area contributed by atoms with Crippen LogP contribution in [0.25, 0.3) is 0 Å². The van der Waals surface area contributed by atoms with E-state index in [0.717, 1.165) is 19.4 Å². The third-order valence-electron chi connectivity index (χ3n) is 4.20. The molecule has 2 unspecified atom stereocenters. The number of piperidine rings is 1. The zero-order chi connectivity index (χ0) is 17.2. The molecule has 6 nitrogen and oxygen atoms in total. The van der Waals surface area contributed by atoms with Crippen LogP contribution in [0.15, 0.2) is 23.1 Å². The molecule has 2 rings (SSSR count). The maximum atomic E-state index is 12.4. The van der Waals surface area contributed by atoms with Crippen molar-refractivity contribution >= 4 is 21.6 Å². The van der Waals surface area contributed by atoms with E-state index in [2.05, 4.69) is 17.6 Å². The Morgan fingerprint density at radius 2 is 2.04 bits per heavy atom. The summed E-state index contributed by atoms with van der Waals surface area (Å²) in [6.07, 6.45) is 1.86. The Morgan fingerprint density at radius 1 is 1.35 bits per heavy atom. The number of hydrogen-bond acceptors (Lipinski definition) is 4. The summed E-state index contributed by atoms with van der Waals surface area (Å²) in [5.41, 5.74) is 1.15. The third kappa shape index (κ3) is 4.10. The Bertz CT molecular complexity index is 686. The molecule has 1 fully saturated rings. The number of carbonyl (C=O) groups is 1. The molecule has 1 aliphatic rings. The topological polar surface area (TPSA) is 78.5 Å². The molecule has 1 heterocycles. The number of amides is 1. The van der Waals surface area contributed by atoms with E-state index in [1.807, 2.05) is 0 Å². The van der Waals surface area contributed by atoms with Gasteiger partial charge in [0.15, 0.2) is 0 Å². The van der Waals surface area contributed by atoms with Crippen molar-refractivity contribution in [3.63, 3.8) is 0 Å². The second-order valence-electron chi connectivity index (χ2n) is 6.39. The van der Waals surface area contributed by atoms with Gasteiger partial charge in [0, 0.05) is 19.8 Å². The number of nitrogens with one attached hydrogen (secondary N) is 2. The van der Waals surface area contributed by atoms with E-state index < -0.39 is 10.0 Å². The number of sulfonamides is 1. The van der Waals surface area contributed by atoms with Gasteiger partial charge in [0.1, 0.15) is 0 Å². The lowest BCUT2D eigenvalue weighted by molar-refractivity contribution is -0.119. The molecule has 1 amide bonds. The molecule has 0 radical (unpaired) electrons. The van der Waals surface area contributed by atoms with Gasteiger partial charge in [-0.3, -0.25) is 4.79 Å². The molecule has 1 aliphatic heterocycles. The van der Waals surface area contributed by atoms with E-state index in [9.17, 15) is 13.2 Å². The first-order chi connectivity index (χ1) is 10.7. The van der Waals surface area contributed by atoms with Crippen molar-refractivity contribution in [2.75, 3.05) is 26.0 Å². The normalized spacial score (nSPS) is 22.1. The number of benzene rings is 1. The predicted octanol–water partition coefficient (Wildman–Crippen LogP) is 1.57. The highest BCUT2D eigenvalue weighted by Gasteiger charge is 2.25. The van der Waals surface area contributed by atoms with E-state index in [1.165, 1.54) is 24.5 Å². The minimum Gasteiger partial charge on any atom is -0.325 e. The summed E-state index contributed by atoms with van der Waals surface area (Å²) in [7, 11) is -0.546. The van der Waals surface area contributed by atoms with E-state index >= 15 is 0 Å². The molecule has 2 N–H and O–H groups in total. The number of hydrogen-bond donors (Lipinski definition) is 2. The van der Waals surface area contributed by atoms with Gasteiger partial charge in [-0.15, -0.1) is 0 Å². The van der Waals surface area contributed by atoms with Crippen LogP contribution >= 0.6 is 0 Å². The standard InChI is InChI=1S/C16H25N3O3S/c1-11-7-8-17-14(9-11)16(20)18-13-6-5-12(2)15(10-13)23(21,22)19(3)4/h5-6,10-11,14,17H,7-9H2,1-4H3,(H,18,20). The maximum absolute atomic E-state index is 12.4. The Morgan fingerprint density at radius 3 is 2.65 bits per heavy atom. The highest BCUT2D eigenvalue weighted by molar-refractivity contribution is 7.89. The van der Waals surface area contributed by atoms with Crippen molar-refractivity contribution in [3.05, 3.63) is 23.8 Å². The summed E-state index contributed by atoms with van der Waals surface area (Å²) >= 11 is 0. The van der Waals surface area contributed by atoms with E-state index in [1.54, 1.807) is 19.1 Å². The van der Waals surface area contributed by atoms with Gasteiger partial charge in [-0.2, -0.15) is 0 Å². The van der Waals surface area contributed by atoms with Crippen molar-refractivity contribution in [1.29, 1.82) is 0 Å². The minimum absolute atomic E-state index is 0.117. The lowest BCUT2D eigenvalue weighted by Crippen LogP contribution is -2.45. The monoisotopic (exact) mass is 339 g/mol. The fourth-order valence-corrected chi connectivity index (χ4v) is 3.83. The highest BCUT2D eigenvalue weighted by atomic mass is 32.2. The summed E-state index contributed by atoms with van der Waals surface area (Å²) < 4.78 is 25.8. The number of anilines is 1. The second kappa shape index (κ2) is 6.98. The van der Waals surface area contributed by atoms with Crippen LogP contribution in [0.1, 0.15) is 25.3 Å². The summed E-state index contributed by atoms with van der Waals surface area (Å²) in [6, 6.07) is 4.74. The molecule has 2 atom stereocenters. The van der Waals surface area contributed by atoms with Crippen LogP contribution < -0.4 is 10.6 Å². The fourth-order valence-electron chi connectivity index (χ4n) is 2.69. The molecule has 0 spiro atoms. The van der Waals surface area contributed by atoms with Gasteiger partial charge >= 0.3 is 0 Å². The van der Waals surface area contributed by atoms with E-state index in [4.69, 9.17) is 0 Å².